The van der Waals surface area contributed by atoms with Crippen LogP contribution in [0.4, 0.5) is 0 Å². The number of benzene rings is 3. The maximum absolute atomic E-state index is 15.1. The number of fused-ring (bicyclic) bond motifs is 3. The molecule has 1 aromatic heterocycles. The van der Waals surface area contributed by atoms with E-state index >= 15 is 4.79 Å². The second-order valence-corrected chi connectivity index (χ2v) is 12.1. The van der Waals surface area contributed by atoms with Crippen molar-refractivity contribution in [2.24, 2.45) is 5.92 Å². The second kappa shape index (κ2) is 10.2. The second-order valence-electron chi connectivity index (χ2n) is 11.2. The fourth-order valence-electron chi connectivity index (χ4n) is 7.10. The first-order valence-electron chi connectivity index (χ1n) is 13.9. The first-order valence-corrected chi connectivity index (χ1v) is 14.8. The number of thiazole rings is 1. The molecule has 1 saturated carbocycles. The molecular weight excluding hydrogens is 532 g/mol. The van der Waals surface area contributed by atoms with Crippen LogP contribution in [0.25, 0.3) is 0 Å². The van der Waals surface area contributed by atoms with Crippen molar-refractivity contribution in [3.63, 3.8) is 0 Å². The lowest BCUT2D eigenvalue weighted by Crippen LogP contribution is -2.60. The monoisotopic (exact) mass is 566 g/mol. The van der Waals surface area contributed by atoms with E-state index in [-0.39, 0.29) is 5.78 Å². The van der Waals surface area contributed by atoms with Crippen molar-refractivity contribution in [2.45, 2.75) is 51.2 Å². The Hall–Kier alpha value is -3.81. The van der Waals surface area contributed by atoms with Crippen LogP contribution in [0, 0.1) is 33.6 Å². The Morgan fingerprint density at radius 1 is 1.02 bits per heavy atom. The highest BCUT2D eigenvalue weighted by atomic mass is 32.1. The van der Waals surface area contributed by atoms with Gasteiger partial charge in [0.25, 0.3) is 0 Å². The minimum atomic E-state index is -1.34. The van der Waals surface area contributed by atoms with Crippen molar-refractivity contribution in [3.05, 3.63) is 116 Å². The van der Waals surface area contributed by atoms with E-state index in [0.29, 0.717) is 18.7 Å². The molecule has 0 radical (unpaired) electrons. The van der Waals surface area contributed by atoms with Gasteiger partial charge in [-0.3, -0.25) is 14.9 Å². The molecule has 0 amide bonds. The van der Waals surface area contributed by atoms with E-state index in [9.17, 15) is 4.79 Å². The number of Topliss-reactive ketones (excluding diaryl/α,β-unsaturated/α-hetero) is 1. The van der Waals surface area contributed by atoms with Crippen LogP contribution in [0.2, 0.25) is 0 Å². The molecule has 1 aliphatic heterocycles. The Morgan fingerprint density at radius 3 is 2.41 bits per heavy atom. The van der Waals surface area contributed by atoms with Crippen molar-refractivity contribution in [1.29, 1.82) is 0 Å². The zero-order chi connectivity index (χ0) is 28.9. The van der Waals surface area contributed by atoms with Gasteiger partial charge in [0.1, 0.15) is 11.7 Å². The highest BCUT2D eigenvalue weighted by molar-refractivity contribution is 7.09. The van der Waals surface area contributed by atoms with Crippen molar-refractivity contribution in [2.75, 3.05) is 13.7 Å². The fraction of sp³-hybridized carbons (Fsp3) is 0.324. The molecule has 1 N–H and O–H groups in total. The summed E-state index contributed by atoms with van der Waals surface area (Å²) in [5.74, 6) is -1.84. The van der Waals surface area contributed by atoms with Crippen LogP contribution in [-0.4, -0.2) is 30.4 Å². The van der Waals surface area contributed by atoms with E-state index in [1.54, 1.807) is 11.3 Å². The summed E-state index contributed by atoms with van der Waals surface area (Å²) < 4.78 is 12.5. The largest absolute Gasteiger partial charge is 0.479 e. The normalized spacial score (nSPS) is 24.6. The number of methoxy groups -OCH3 is 1. The van der Waals surface area contributed by atoms with Gasteiger partial charge in [-0.05, 0) is 62.4 Å². The van der Waals surface area contributed by atoms with Gasteiger partial charge in [0.15, 0.2) is 16.9 Å². The Labute approximate surface area is 244 Å². The molecule has 3 aromatic carbocycles. The summed E-state index contributed by atoms with van der Waals surface area (Å²) in [5, 5.41) is 3.75. The minimum absolute atomic E-state index is 0.231. The van der Waals surface area contributed by atoms with Gasteiger partial charge in [0, 0.05) is 17.0 Å². The number of carbonyl (C=O) groups excluding carboxylic acids is 2. The molecule has 6 rings (SSSR count). The molecule has 0 unspecified atom stereocenters. The Morgan fingerprint density at radius 2 is 1.76 bits per heavy atom. The van der Waals surface area contributed by atoms with Crippen LogP contribution in [0.15, 0.2) is 72.2 Å². The smallest absolute Gasteiger partial charge is 0.317 e. The van der Waals surface area contributed by atoms with Gasteiger partial charge in [-0.2, -0.15) is 0 Å². The van der Waals surface area contributed by atoms with Crippen LogP contribution < -0.4 is 10.1 Å². The van der Waals surface area contributed by atoms with E-state index in [2.05, 4.69) is 16.4 Å². The molecule has 1 fully saturated rings. The third kappa shape index (κ3) is 3.97. The quantitative estimate of drug-likeness (QED) is 0.224. The van der Waals surface area contributed by atoms with Crippen molar-refractivity contribution >= 4 is 23.1 Å². The Bertz CT molecular complexity index is 1630. The molecule has 2 aliphatic rings. The number of rotatable bonds is 7. The molecule has 1 aliphatic carbocycles. The van der Waals surface area contributed by atoms with Crippen molar-refractivity contribution in [3.8, 4) is 5.75 Å². The third-order valence-electron chi connectivity index (χ3n) is 8.75. The first kappa shape index (κ1) is 27.4. The van der Waals surface area contributed by atoms with Gasteiger partial charge in [0.05, 0.1) is 24.2 Å². The topological polar surface area (TPSA) is 77.5 Å². The molecule has 0 saturated heterocycles. The van der Waals surface area contributed by atoms with E-state index < -0.39 is 28.9 Å². The van der Waals surface area contributed by atoms with E-state index in [4.69, 9.17) is 9.47 Å². The average Bonchev–Trinajstić information content (AvgIpc) is 3.56. The summed E-state index contributed by atoms with van der Waals surface area (Å²) >= 11 is 1.61. The predicted molar refractivity (Wildman–Crippen MR) is 159 cm³/mol. The lowest BCUT2D eigenvalue weighted by molar-refractivity contribution is -0.149. The number of carbonyl (C=O) groups is 2. The van der Waals surface area contributed by atoms with Crippen LogP contribution >= 0.6 is 11.3 Å². The maximum atomic E-state index is 15.1. The SMILES string of the molecule is COC(=O)[C@H]1C(=O)[C@@]2(NCCc3scnc3C)c3c(C)cc(C)cc3O[C@@]2(c2ccc(C)cc2)[C@@H]1c1ccccc1. The predicted octanol–water partition coefficient (Wildman–Crippen LogP) is 5.85. The molecule has 7 heteroatoms. The Balaban J connectivity index is 1.66. The van der Waals surface area contributed by atoms with Crippen LogP contribution in [0.5, 0.6) is 5.75 Å². The summed E-state index contributed by atoms with van der Waals surface area (Å²) in [6.45, 7) is 8.58. The summed E-state index contributed by atoms with van der Waals surface area (Å²) in [4.78, 5) is 34.3. The van der Waals surface area contributed by atoms with Gasteiger partial charge in [-0.1, -0.05) is 66.2 Å². The van der Waals surface area contributed by atoms with E-state index in [1.165, 1.54) is 7.11 Å². The molecule has 210 valence electrons. The van der Waals surface area contributed by atoms with Crippen LogP contribution in [-0.2, 0) is 31.9 Å². The molecule has 4 atom stereocenters. The van der Waals surface area contributed by atoms with Gasteiger partial charge in [-0.25, -0.2) is 4.98 Å². The minimum Gasteiger partial charge on any atom is -0.479 e. The summed E-state index contributed by atoms with van der Waals surface area (Å²) in [7, 11) is 1.35. The number of nitrogens with zero attached hydrogens (tertiary/aromatic N) is 1. The molecule has 0 spiro atoms. The van der Waals surface area contributed by atoms with Crippen LogP contribution in [0.1, 0.15) is 49.9 Å². The lowest BCUT2D eigenvalue weighted by atomic mass is 9.68. The molecule has 0 bridgehead atoms. The lowest BCUT2D eigenvalue weighted by Gasteiger charge is -2.43. The summed E-state index contributed by atoms with van der Waals surface area (Å²) in [5.41, 5.74) is 5.81. The standard InChI is InChI=1S/C34H34N2O4S/c1-20-11-13-25(14-12-20)34-30(24-9-7-6-8-10-24)28(32(38)39-5)31(37)33(34,36-16-15-27-23(4)35-19-41-27)29-22(3)17-21(2)18-26(29)40-34/h6-14,17-19,28,30,36H,15-16H2,1-5H3/t28-,30-,33+,34+/m1/s1. The number of hydrogen-bond donors (Lipinski definition) is 1. The van der Waals surface area contributed by atoms with Gasteiger partial charge < -0.3 is 9.47 Å². The number of ether oxygens (including phenoxy) is 2. The highest BCUT2D eigenvalue weighted by Gasteiger charge is 2.78. The van der Waals surface area contributed by atoms with Gasteiger partial charge >= 0.3 is 5.97 Å². The number of nitrogens with one attached hydrogen (secondary N) is 1. The van der Waals surface area contributed by atoms with Gasteiger partial charge in [-0.15, -0.1) is 11.3 Å². The molecule has 41 heavy (non-hydrogen) atoms. The van der Waals surface area contributed by atoms with Crippen LogP contribution in [0.3, 0.4) is 0 Å². The molecule has 2 heterocycles. The summed E-state index contributed by atoms with van der Waals surface area (Å²) in [6, 6.07) is 22.0. The van der Waals surface area contributed by atoms with E-state index in [1.807, 2.05) is 93.9 Å². The average molecular weight is 567 g/mol. The highest BCUT2D eigenvalue weighted by Crippen LogP contribution is 2.67. The maximum Gasteiger partial charge on any atom is 0.317 e. The number of aromatic nitrogens is 1. The zero-order valence-electron chi connectivity index (χ0n) is 24.0. The fourth-order valence-corrected chi connectivity index (χ4v) is 7.88. The van der Waals surface area contributed by atoms with Gasteiger partial charge in [0.2, 0.25) is 0 Å². The molecule has 6 nitrogen and oxygen atoms in total. The van der Waals surface area contributed by atoms with Crippen molar-refractivity contribution in [1.82, 2.24) is 10.3 Å². The number of esters is 1. The summed E-state index contributed by atoms with van der Waals surface area (Å²) in [6.07, 6.45) is 0.689. The first-order chi connectivity index (χ1) is 19.7. The zero-order valence-corrected chi connectivity index (χ0v) is 24.8. The van der Waals surface area contributed by atoms with E-state index in [0.717, 1.165) is 44.0 Å². The molecule has 4 aromatic rings. The molecular formula is C34H34N2O4S. The third-order valence-corrected chi connectivity index (χ3v) is 9.75. The number of aryl methyl sites for hydroxylation is 4. The number of ketones is 1. The Kier molecular flexibility index (Phi) is 6.83. The number of hydrogen-bond acceptors (Lipinski definition) is 7. The van der Waals surface area contributed by atoms with Crippen molar-refractivity contribution < 1.29 is 19.1 Å².